The molecule has 0 aliphatic carbocycles. The summed E-state index contributed by atoms with van der Waals surface area (Å²) < 4.78 is 0. The predicted molar refractivity (Wildman–Crippen MR) is 68.4 cm³/mol. The average Bonchev–Trinajstić information content (AvgIpc) is 2.27. The molecule has 3 N–H and O–H groups in total. The molecule has 0 spiro atoms. The number of para-hydroxylation sites is 1. The Morgan fingerprint density at radius 1 is 1.50 bits per heavy atom. The number of benzene rings is 1. The number of nitro groups is 1. The van der Waals surface area contributed by atoms with Crippen molar-refractivity contribution in [2.24, 2.45) is 5.73 Å². The van der Waals surface area contributed by atoms with Crippen LogP contribution in [-0.4, -0.2) is 22.9 Å². The van der Waals surface area contributed by atoms with E-state index in [1.54, 1.807) is 32.9 Å². The summed E-state index contributed by atoms with van der Waals surface area (Å²) in [5.41, 5.74) is 5.26. The zero-order valence-corrected chi connectivity index (χ0v) is 10.7. The number of hydrogen-bond donors (Lipinski definition) is 2. The summed E-state index contributed by atoms with van der Waals surface area (Å²) >= 11 is 0. The molecule has 0 atom stereocenters. The van der Waals surface area contributed by atoms with Crippen molar-refractivity contribution < 1.29 is 9.72 Å². The molecule has 0 radical (unpaired) electrons. The summed E-state index contributed by atoms with van der Waals surface area (Å²) in [6.07, 6.45) is 0. The third-order valence-corrected chi connectivity index (χ3v) is 2.63. The average molecular weight is 251 g/mol. The second-order valence-electron chi connectivity index (χ2n) is 4.77. The fourth-order valence-corrected chi connectivity index (χ4v) is 1.51. The molecule has 1 aromatic rings. The van der Waals surface area contributed by atoms with Crippen LogP contribution in [0.3, 0.4) is 0 Å². The Balaban J connectivity index is 3.14. The third kappa shape index (κ3) is 3.04. The molecule has 1 aromatic carbocycles. The summed E-state index contributed by atoms with van der Waals surface area (Å²) in [7, 11) is 0. The maximum absolute atomic E-state index is 12.0. The van der Waals surface area contributed by atoms with Gasteiger partial charge in [-0.05, 0) is 26.8 Å². The van der Waals surface area contributed by atoms with Crippen LogP contribution in [0.1, 0.15) is 29.8 Å². The largest absolute Gasteiger partial charge is 0.346 e. The van der Waals surface area contributed by atoms with Crippen LogP contribution in [0.4, 0.5) is 5.69 Å². The number of carbonyl (C=O) groups is 1. The molecule has 6 heteroatoms. The molecule has 1 amide bonds. The molecule has 0 fully saturated rings. The topological polar surface area (TPSA) is 98.3 Å². The lowest BCUT2D eigenvalue weighted by atomic mass is 10.0. The number of hydrogen-bond acceptors (Lipinski definition) is 4. The monoisotopic (exact) mass is 251 g/mol. The Bertz CT molecular complexity index is 483. The van der Waals surface area contributed by atoms with Crippen molar-refractivity contribution in [2.45, 2.75) is 26.3 Å². The van der Waals surface area contributed by atoms with E-state index in [0.717, 1.165) is 0 Å². The number of amides is 1. The lowest BCUT2D eigenvalue weighted by molar-refractivity contribution is -0.385. The van der Waals surface area contributed by atoms with E-state index in [0.29, 0.717) is 5.56 Å². The second-order valence-corrected chi connectivity index (χ2v) is 4.77. The van der Waals surface area contributed by atoms with Gasteiger partial charge in [0.15, 0.2) is 0 Å². The van der Waals surface area contributed by atoms with Gasteiger partial charge in [-0.15, -0.1) is 0 Å². The Morgan fingerprint density at radius 3 is 2.61 bits per heavy atom. The fourth-order valence-electron chi connectivity index (χ4n) is 1.51. The SMILES string of the molecule is Cc1cccc(C(=O)NC(C)(C)CN)c1[N+](=O)[O-]. The molecule has 0 aliphatic rings. The molecule has 18 heavy (non-hydrogen) atoms. The zero-order valence-electron chi connectivity index (χ0n) is 10.7. The van der Waals surface area contributed by atoms with Gasteiger partial charge in [0.1, 0.15) is 5.56 Å². The minimum Gasteiger partial charge on any atom is -0.346 e. The maximum atomic E-state index is 12.0. The molecule has 0 saturated heterocycles. The van der Waals surface area contributed by atoms with E-state index in [4.69, 9.17) is 5.73 Å². The standard InChI is InChI=1S/C12H17N3O3/c1-8-5-4-6-9(10(8)15(17)18)11(16)14-12(2,3)7-13/h4-6H,7,13H2,1-3H3,(H,14,16). The van der Waals surface area contributed by atoms with Crippen molar-refractivity contribution in [3.05, 3.63) is 39.4 Å². The van der Waals surface area contributed by atoms with Crippen LogP contribution in [0.2, 0.25) is 0 Å². The van der Waals surface area contributed by atoms with E-state index < -0.39 is 16.4 Å². The molecule has 98 valence electrons. The van der Waals surface area contributed by atoms with E-state index in [9.17, 15) is 14.9 Å². The van der Waals surface area contributed by atoms with Crippen molar-refractivity contribution in [2.75, 3.05) is 6.54 Å². The molecule has 0 unspecified atom stereocenters. The number of rotatable bonds is 4. The van der Waals surface area contributed by atoms with Crippen LogP contribution in [0.5, 0.6) is 0 Å². The van der Waals surface area contributed by atoms with Gasteiger partial charge >= 0.3 is 0 Å². The highest BCUT2D eigenvalue weighted by molar-refractivity contribution is 5.99. The first-order valence-electron chi connectivity index (χ1n) is 5.55. The number of nitro benzene ring substituents is 1. The van der Waals surface area contributed by atoms with E-state index in [2.05, 4.69) is 5.32 Å². The maximum Gasteiger partial charge on any atom is 0.285 e. The lowest BCUT2D eigenvalue weighted by Crippen LogP contribution is -2.48. The van der Waals surface area contributed by atoms with E-state index in [1.807, 2.05) is 0 Å². The molecule has 1 rings (SSSR count). The minimum absolute atomic E-state index is 0.0570. The summed E-state index contributed by atoms with van der Waals surface area (Å²) in [6, 6.07) is 4.66. The van der Waals surface area contributed by atoms with Crippen molar-refractivity contribution in [1.82, 2.24) is 5.32 Å². The Hall–Kier alpha value is -1.95. The summed E-state index contributed by atoms with van der Waals surface area (Å²) in [6.45, 7) is 5.36. The first-order chi connectivity index (χ1) is 8.28. The minimum atomic E-state index is -0.602. The molecule has 6 nitrogen and oxygen atoms in total. The van der Waals surface area contributed by atoms with Crippen LogP contribution in [0.25, 0.3) is 0 Å². The fraction of sp³-hybridized carbons (Fsp3) is 0.417. The van der Waals surface area contributed by atoms with Crippen LogP contribution in [0, 0.1) is 17.0 Å². The molecule has 0 aromatic heterocycles. The first-order valence-corrected chi connectivity index (χ1v) is 5.55. The van der Waals surface area contributed by atoms with Gasteiger partial charge in [0.25, 0.3) is 11.6 Å². The summed E-state index contributed by atoms with van der Waals surface area (Å²) in [4.78, 5) is 22.5. The quantitative estimate of drug-likeness (QED) is 0.623. The molecular formula is C12H17N3O3. The Morgan fingerprint density at radius 2 is 2.11 bits per heavy atom. The van der Waals surface area contributed by atoms with Gasteiger partial charge in [-0.1, -0.05) is 12.1 Å². The predicted octanol–water partition coefficient (Wildman–Crippen LogP) is 1.37. The number of aryl methyl sites for hydroxylation is 1. The van der Waals surface area contributed by atoms with E-state index in [1.165, 1.54) is 6.07 Å². The highest BCUT2D eigenvalue weighted by Crippen LogP contribution is 2.23. The third-order valence-electron chi connectivity index (χ3n) is 2.63. The number of nitrogens with zero attached hydrogens (tertiary/aromatic N) is 1. The highest BCUT2D eigenvalue weighted by atomic mass is 16.6. The lowest BCUT2D eigenvalue weighted by Gasteiger charge is -2.24. The molecule has 0 heterocycles. The summed E-state index contributed by atoms with van der Waals surface area (Å²) in [5, 5.41) is 13.7. The van der Waals surface area contributed by atoms with E-state index >= 15 is 0 Å². The van der Waals surface area contributed by atoms with E-state index in [-0.39, 0.29) is 17.8 Å². The normalized spacial score (nSPS) is 11.1. The second kappa shape index (κ2) is 5.14. The molecule has 0 aliphatic heterocycles. The zero-order chi connectivity index (χ0) is 13.9. The van der Waals surface area contributed by atoms with Gasteiger partial charge in [0.05, 0.1) is 4.92 Å². The van der Waals surface area contributed by atoms with Gasteiger partial charge < -0.3 is 11.1 Å². The molecular weight excluding hydrogens is 234 g/mol. The van der Waals surface area contributed by atoms with Crippen LogP contribution >= 0.6 is 0 Å². The highest BCUT2D eigenvalue weighted by Gasteiger charge is 2.26. The van der Waals surface area contributed by atoms with Crippen molar-refractivity contribution >= 4 is 11.6 Å². The smallest absolute Gasteiger partial charge is 0.285 e. The first kappa shape index (κ1) is 14.1. The number of nitrogens with two attached hydrogens (primary N) is 1. The van der Waals surface area contributed by atoms with Crippen molar-refractivity contribution in [3.8, 4) is 0 Å². The van der Waals surface area contributed by atoms with Crippen molar-refractivity contribution in [3.63, 3.8) is 0 Å². The van der Waals surface area contributed by atoms with Crippen molar-refractivity contribution in [1.29, 1.82) is 0 Å². The van der Waals surface area contributed by atoms with Gasteiger partial charge in [-0.2, -0.15) is 0 Å². The van der Waals surface area contributed by atoms with Crippen LogP contribution < -0.4 is 11.1 Å². The Labute approximate surface area is 105 Å². The molecule has 0 saturated carbocycles. The van der Waals surface area contributed by atoms with Crippen LogP contribution in [-0.2, 0) is 0 Å². The van der Waals surface area contributed by atoms with Gasteiger partial charge in [-0.3, -0.25) is 14.9 Å². The van der Waals surface area contributed by atoms with Gasteiger partial charge in [0.2, 0.25) is 0 Å². The summed E-state index contributed by atoms with van der Waals surface area (Å²) in [5.74, 6) is -0.485. The van der Waals surface area contributed by atoms with Crippen LogP contribution in [0.15, 0.2) is 18.2 Å². The molecule has 0 bridgehead atoms. The number of carbonyl (C=O) groups excluding carboxylic acids is 1. The number of nitrogens with one attached hydrogen (secondary N) is 1. The van der Waals surface area contributed by atoms with Gasteiger partial charge in [-0.25, -0.2) is 0 Å². The van der Waals surface area contributed by atoms with Gasteiger partial charge in [0, 0.05) is 17.6 Å². The Kier molecular flexibility index (Phi) is 4.03.